The van der Waals surface area contributed by atoms with Gasteiger partial charge in [0.25, 0.3) is 0 Å². The smallest absolute Gasteiger partial charge is 0.236 e. The van der Waals surface area contributed by atoms with Crippen molar-refractivity contribution in [2.75, 3.05) is 17.8 Å². The van der Waals surface area contributed by atoms with Gasteiger partial charge >= 0.3 is 0 Å². The van der Waals surface area contributed by atoms with Gasteiger partial charge < -0.3 is 5.32 Å². The molecule has 0 bridgehead atoms. The van der Waals surface area contributed by atoms with Gasteiger partial charge in [-0.1, -0.05) is 11.6 Å². The van der Waals surface area contributed by atoms with Crippen molar-refractivity contribution >= 4 is 27.3 Å². The molecule has 2 rings (SSSR count). The number of nitrogens with one attached hydrogen (secondary N) is 2. The topological polar surface area (TPSA) is 58.2 Å². The fourth-order valence-electron chi connectivity index (χ4n) is 1.89. The third-order valence-corrected chi connectivity index (χ3v) is 4.96. The van der Waals surface area contributed by atoms with Crippen LogP contribution >= 0.6 is 11.6 Å². The zero-order valence-electron chi connectivity index (χ0n) is 9.62. The molecule has 0 radical (unpaired) electrons. The Kier molecular flexibility index (Phi) is 4.09. The summed E-state index contributed by atoms with van der Waals surface area (Å²) in [4.78, 5) is 0. The SMILES string of the molecule is O=S(=O)(Nc1ccc(F)c(Cl)c1)C1CCCNC1. The second-order valence-electron chi connectivity index (χ2n) is 4.24. The Morgan fingerprint density at radius 3 is 2.83 bits per heavy atom. The molecule has 0 aromatic heterocycles. The highest BCUT2D eigenvalue weighted by atomic mass is 35.5. The number of hydrogen-bond acceptors (Lipinski definition) is 3. The van der Waals surface area contributed by atoms with Crippen LogP contribution in [0.2, 0.25) is 5.02 Å². The fourth-order valence-corrected chi connectivity index (χ4v) is 3.51. The first-order chi connectivity index (χ1) is 8.49. The summed E-state index contributed by atoms with van der Waals surface area (Å²) in [6.07, 6.45) is 1.45. The molecule has 1 aromatic carbocycles. The maximum absolute atomic E-state index is 13.0. The average molecular weight is 293 g/mol. The molecule has 1 aromatic rings. The highest BCUT2D eigenvalue weighted by Crippen LogP contribution is 2.22. The summed E-state index contributed by atoms with van der Waals surface area (Å²) in [5.74, 6) is -0.570. The first kappa shape index (κ1) is 13.6. The van der Waals surface area contributed by atoms with Crippen molar-refractivity contribution in [2.45, 2.75) is 18.1 Å². The monoisotopic (exact) mass is 292 g/mol. The Morgan fingerprint density at radius 1 is 1.44 bits per heavy atom. The van der Waals surface area contributed by atoms with Crippen LogP contribution in [-0.2, 0) is 10.0 Å². The minimum atomic E-state index is -3.46. The van der Waals surface area contributed by atoms with Crippen molar-refractivity contribution in [3.05, 3.63) is 29.0 Å². The van der Waals surface area contributed by atoms with E-state index in [0.717, 1.165) is 19.0 Å². The third-order valence-electron chi connectivity index (χ3n) is 2.87. The summed E-state index contributed by atoms with van der Waals surface area (Å²) in [7, 11) is -3.46. The first-order valence-electron chi connectivity index (χ1n) is 5.66. The van der Waals surface area contributed by atoms with E-state index in [1.807, 2.05) is 0 Å². The summed E-state index contributed by atoms with van der Waals surface area (Å²) >= 11 is 5.61. The number of rotatable bonds is 3. The number of halogens is 2. The molecule has 0 amide bonds. The van der Waals surface area contributed by atoms with Crippen molar-refractivity contribution < 1.29 is 12.8 Å². The highest BCUT2D eigenvalue weighted by Gasteiger charge is 2.27. The van der Waals surface area contributed by atoms with Gasteiger partial charge in [0, 0.05) is 6.54 Å². The maximum atomic E-state index is 13.0. The van der Waals surface area contributed by atoms with Gasteiger partial charge in [0.2, 0.25) is 10.0 Å². The van der Waals surface area contributed by atoms with Crippen molar-refractivity contribution in [3.63, 3.8) is 0 Å². The van der Waals surface area contributed by atoms with Gasteiger partial charge in [-0.05, 0) is 37.6 Å². The van der Waals surface area contributed by atoms with Crippen LogP contribution in [-0.4, -0.2) is 26.8 Å². The fraction of sp³-hybridized carbons (Fsp3) is 0.455. The molecule has 0 spiro atoms. The van der Waals surface area contributed by atoms with Crippen molar-refractivity contribution in [1.82, 2.24) is 5.32 Å². The van der Waals surface area contributed by atoms with Crippen LogP contribution in [0, 0.1) is 5.82 Å². The van der Waals surface area contributed by atoms with E-state index >= 15 is 0 Å². The maximum Gasteiger partial charge on any atom is 0.236 e. The van der Waals surface area contributed by atoms with E-state index in [1.165, 1.54) is 12.1 Å². The lowest BCUT2D eigenvalue weighted by Gasteiger charge is -2.23. The van der Waals surface area contributed by atoms with Crippen LogP contribution in [0.3, 0.4) is 0 Å². The van der Waals surface area contributed by atoms with Crippen LogP contribution in [0.4, 0.5) is 10.1 Å². The minimum Gasteiger partial charge on any atom is -0.315 e. The molecule has 1 aliphatic rings. The molecular formula is C11H14ClFN2O2S. The van der Waals surface area contributed by atoms with Crippen molar-refractivity contribution in [3.8, 4) is 0 Å². The molecular weight excluding hydrogens is 279 g/mol. The molecule has 0 saturated carbocycles. The predicted molar refractivity (Wildman–Crippen MR) is 69.8 cm³/mol. The van der Waals surface area contributed by atoms with Crippen LogP contribution in [0.15, 0.2) is 18.2 Å². The second kappa shape index (κ2) is 5.42. The van der Waals surface area contributed by atoms with E-state index < -0.39 is 21.1 Å². The number of hydrogen-bond donors (Lipinski definition) is 2. The summed E-state index contributed by atoms with van der Waals surface area (Å²) in [6, 6.07) is 3.76. The number of sulfonamides is 1. The lowest BCUT2D eigenvalue weighted by atomic mass is 10.2. The Balaban J connectivity index is 2.13. The molecule has 1 atom stereocenters. The van der Waals surface area contributed by atoms with Crippen LogP contribution < -0.4 is 10.0 Å². The van der Waals surface area contributed by atoms with Gasteiger partial charge in [-0.15, -0.1) is 0 Å². The zero-order valence-corrected chi connectivity index (χ0v) is 11.2. The Bertz CT molecular complexity index is 530. The summed E-state index contributed by atoms with van der Waals surface area (Å²) in [5, 5.41) is 2.48. The Labute approximate surface area is 111 Å². The lowest BCUT2D eigenvalue weighted by Crippen LogP contribution is -2.41. The minimum absolute atomic E-state index is 0.100. The molecule has 100 valence electrons. The third kappa shape index (κ3) is 3.13. The standard InChI is InChI=1S/C11H14ClFN2O2S/c12-10-6-8(3-4-11(10)13)15-18(16,17)9-2-1-5-14-7-9/h3-4,6,9,14-15H,1-2,5,7H2. The predicted octanol–water partition coefficient (Wildman–Crippen LogP) is 1.97. The molecule has 1 heterocycles. The molecule has 0 aliphatic carbocycles. The van der Waals surface area contributed by atoms with Crippen LogP contribution in [0.25, 0.3) is 0 Å². The zero-order chi connectivity index (χ0) is 13.2. The largest absolute Gasteiger partial charge is 0.315 e. The Hall–Kier alpha value is -0.850. The van der Waals surface area contributed by atoms with Gasteiger partial charge in [0.05, 0.1) is 16.0 Å². The van der Waals surface area contributed by atoms with Gasteiger partial charge in [-0.2, -0.15) is 0 Å². The first-order valence-corrected chi connectivity index (χ1v) is 7.59. The van der Waals surface area contributed by atoms with E-state index in [1.54, 1.807) is 0 Å². The van der Waals surface area contributed by atoms with E-state index in [-0.39, 0.29) is 10.7 Å². The molecule has 1 aliphatic heterocycles. The molecule has 1 unspecified atom stereocenters. The molecule has 18 heavy (non-hydrogen) atoms. The highest BCUT2D eigenvalue weighted by molar-refractivity contribution is 7.93. The van der Waals surface area contributed by atoms with Crippen molar-refractivity contribution in [1.29, 1.82) is 0 Å². The van der Waals surface area contributed by atoms with Crippen molar-refractivity contribution in [2.24, 2.45) is 0 Å². The van der Waals surface area contributed by atoms with Crippen LogP contribution in [0.1, 0.15) is 12.8 Å². The van der Waals surface area contributed by atoms with E-state index in [4.69, 9.17) is 11.6 Å². The molecule has 1 fully saturated rings. The second-order valence-corrected chi connectivity index (χ2v) is 6.61. The van der Waals surface area contributed by atoms with Gasteiger partial charge in [0.1, 0.15) is 5.82 Å². The average Bonchev–Trinajstić information content (AvgIpc) is 2.35. The number of anilines is 1. The normalized spacial score (nSPS) is 20.7. The molecule has 7 heteroatoms. The number of benzene rings is 1. The number of piperidine rings is 1. The quantitative estimate of drug-likeness (QED) is 0.895. The van der Waals surface area contributed by atoms with E-state index in [2.05, 4.69) is 10.0 Å². The molecule has 1 saturated heterocycles. The van der Waals surface area contributed by atoms with Gasteiger partial charge in [0.15, 0.2) is 0 Å². The molecule has 4 nitrogen and oxygen atoms in total. The van der Waals surface area contributed by atoms with E-state index in [9.17, 15) is 12.8 Å². The summed E-state index contributed by atoms with van der Waals surface area (Å²) in [6.45, 7) is 1.28. The van der Waals surface area contributed by atoms with Gasteiger partial charge in [-0.3, -0.25) is 4.72 Å². The lowest BCUT2D eigenvalue weighted by molar-refractivity contribution is 0.499. The summed E-state index contributed by atoms with van der Waals surface area (Å²) < 4.78 is 39.5. The van der Waals surface area contributed by atoms with Crippen LogP contribution in [0.5, 0.6) is 0 Å². The van der Waals surface area contributed by atoms with Gasteiger partial charge in [-0.25, -0.2) is 12.8 Å². The Morgan fingerprint density at radius 2 is 2.22 bits per heavy atom. The van der Waals surface area contributed by atoms with E-state index in [0.29, 0.717) is 13.0 Å². The summed E-state index contributed by atoms with van der Waals surface area (Å²) in [5.41, 5.74) is 0.284. The molecule has 2 N–H and O–H groups in total.